The molecular weight excluding hydrogens is 577 g/mol. The van der Waals surface area contributed by atoms with E-state index in [1.54, 1.807) is 0 Å². The summed E-state index contributed by atoms with van der Waals surface area (Å²) in [6, 6.07) is 3.32. The van der Waals surface area contributed by atoms with Crippen molar-refractivity contribution in [3.05, 3.63) is 29.3 Å². The highest BCUT2D eigenvalue weighted by atomic mass is 19.4. The number of rotatable bonds is 5. The molecule has 15 heteroatoms. The van der Waals surface area contributed by atoms with Crippen LogP contribution in [0.5, 0.6) is 5.75 Å². The van der Waals surface area contributed by atoms with Gasteiger partial charge in [-0.3, -0.25) is 14.4 Å². The van der Waals surface area contributed by atoms with Gasteiger partial charge in [0.25, 0.3) is 0 Å². The number of Topliss-reactive ketones (excluding diaryl/α,β-unsaturated/α-hetero) is 2. The Balaban J connectivity index is 2.03. The first-order chi connectivity index (χ1) is 19.0. The fraction of sp³-hybridized carbons (Fsp3) is 0.667. The van der Waals surface area contributed by atoms with Crippen LogP contribution in [-0.2, 0) is 14.3 Å². The molecule has 0 radical (unpaired) electrons. The molecule has 0 saturated heterocycles. The summed E-state index contributed by atoms with van der Waals surface area (Å²) in [6.45, 7) is 3.66. The topological polar surface area (TPSA) is 188 Å². The number of fused-ring (bicyclic) bond motifs is 3. The lowest BCUT2D eigenvalue weighted by Gasteiger charge is -2.69. The van der Waals surface area contributed by atoms with Gasteiger partial charge in [0.2, 0.25) is 5.91 Å². The van der Waals surface area contributed by atoms with Crippen LogP contribution < -0.4 is 5.73 Å². The minimum absolute atomic E-state index is 0.296. The second-order valence-corrected chi connectivity index (χ2v) is 12.2. The summed E-state index contributed by atoms with van der Waals surface area (Å²) in [4.78, 5) is 39.9. The number of carbonyl (C=O) groups excluding carboxylic acids is 3. The predicted octanol–water partition coefficient (Wildman–Crippen LogP) is 1.26. The third-order valence-electron chi connectivity index (χ3n) is 9.97. The van der Waals surface area contributed by atoms with Crippen LogP contribution in [0.2, 0.25) is 0 Å². The fourth-order valence-corrected chi connectivity index (χ4v) is 8.09. The van der Waals surface area contributed by atoms with Gasteiger partial charge in [-0.1, -0.05) is 39.8 Å². The van der Waals surface area contributed by atoms with E-state index in [4.69, 9.17) is 5.73 Å². The van der Waals surface area contributed by atoms with E-state index in [-0.39, 0.29) is 5.56 Å². The Morgan fingerprint density at radius 3 is 2.17 bits per heavy atom. The summed E-state index contributed by atoms with van der Waals surface area (Å²) in [5, 5.41) is 57.6. The lowest BCUT2D eigenvalue weighted by Crippen LogP contribution is -2.84. The first kappa shape index (κ1) is 32.2. The number of primary amides is 1. The van der Waals surface area contributed by atoms with Crippen LogP contribution in [0.25, 0.3) is 0 Å². The van der Waals surface area contributed by atoms with Crippen molar-refractivity contribution in [1.82, 2.24) is 0 Å². The smallest absolute Gasteiger partial charge is 0.482 e. The lowest BCUT2D eigenvalue weighted by molar-refractivity contribution is -0.394. The van der Waals surface area contributed by atoms with Crippen molar-refractivity contribution < 1.29 is 66.6 Å². The van der Waals surface area contributed by atoms with Gasteiger partial charge in [0.05, 0.1) is 30.3 Å². The number of hydrogen-bond donors (Lipinski definition) is 6. The number of ketones is 2. The van der Waals surface area contributed by atoms with Crippen LogP contribution in [0.1, 0.15) is 49.5 Å². The van der Waals surface area contributed by atoms with E-state index in [0.717, 1.165) is 26.0 Å². The Hall–Kier alpha value is -2.72. The summed E-state index contributed by atoms with van der Waals surface area (Å²) >= 11 is 0. The van der Waals surface area contributed by atoms with Gasteiger partial charge in [-0.25, -0.2) is 0 Å². The summed E-state index contributed by atoms with van der Waals surface area (Å²) in [5.41, 5.74) is -3.30. The van der Waals surface area contributed by atoms with Crippen molar-refractivity contribution >= 4 is 17.5 Å². The Labute approximate surface area is 236 Å². The Kier molecular flexibility index (Phi) is 7.39. The van der Waals surface area contributed by atoms with Crippen molar-refractivity contribution in [1.29, 1.82) is 0 Å². The number of amides is 1. The molecule has 7 N–H and O–H groups in total. The van der Waals surface area contributed by atoms with Crippen LogP contribution >= 0.6 is 0 Å². The number of aromatic hydroxyl groups is 1. The van der Waals surface area contributed by atoms with Crippen molar-refractivity contribution in [3.63, 3.8) is 0 Å². The number of benzene rings is 1. The van der Waals surface area contributed by atoms with Gasteiger partial charge in [-0.2, -0.15) is 22.0 Å². The molecule has 2 fully saturated rings. The minimum Gasteiger partial charge on any atom is -0.507 e. The quantitative estimate of drug-likeness (QED) is 0.211. The van der Waals surface area contributed by atoms with Crippen LogP contribution in [-0.4, -0.2) is 85.8 Å². The molecule has 4 rings (SSSR count). The molecule has 0 spiro atoms. The van der Waals surface area contributed by atoms with Gasteiger partial charge in [-0.05, 0) is 23.5 Å². The molecule has 1 amide bonds. The maximum atomic E-state index is 14.0. The fourth-order valence-electron chi connectivity index (χ4n) is 8.09. The molecule has 234 valence electrons. The van der Waals surface area contributed by atoms with E-state index < -0.39 is 112 Å². The maximum absolute atomic E-state index is 14.0. The monoisotopic (exact) mass is 609 g/mol. The normalized spacial score (nSPS) is 40.4. The van der Waals surface area contributed by atoms with E-state index >= 15 is 0 Å². The van der Waals surface area contributed by atoms with Crippen molar-refractivity contribution in [3.8, 4) is 5.75 Å². The van der Waals surface area contributed by atoms with E-state index in [0.29, 0.717) is 0 Å². The Bertz CT molecular complexity index is 1320. The molecule has 1 aromatic rings. The summed E-state index contributed by atoms with van der Waals surface area (Å²) in [7, 11) is 0. The number of halogens is 5. The Morgan fingerprint density at radius 2 is 1.67 bits per heavy atom. The number of carbonyl (C=O) groups is 3. The zero-order chi connectivity index (χ0) is 32.1. The second-order valence-electron chi connectivity index (χ2n) is 12.2. The molecule has 3 aliphatic carbocycles. The van der Waals surface area contributed by atoms with E-state index in [2.05, 4.69) is 4.74 Å². The van der Waals surface area contributed by atoms with Gasteiger partial charge in [0.15, 0.2) is 17.2 Å². The van der Waals surface area contributed by atoms with E-state index in [9.17, 15) is 61.9 Å². The number of aliphatic hydroxyl groups excluding tert-OH is 3. The largest absolute Gasteiger partial charge is 0.507 e. The lowest BCUT2D eigenvalue weighted by atomic mass is 9.36. The summed E-state index contributed by atoms with van der Waals surface area (Å²) in [5.74, 6) is -13.0. The molecule has 0 aromatic heterocycles. The van der Waals surface area contributed by atoms with E-state index in [1.165, 1.54) is 19.9 Å². The molecule has 10 atom stereocenters. The first-order valence-electron chi connectivity index (χ1n) is 13.1. The van der Waals surface area contributed by atoms with Gasteiger partial charge in [0.1, 0.15) is 17.8 Å². The van der Waals surface area contributed by atoms with Crippen LogP contribution in [0.15, 0.2) is 18.2 Å². The SMILES string of the molecule is CC(C)[C@H]1C(O)[C@@H](C(N)=O)C(=O)[C@]2(O)C(O)[C@H]3C(=O)c4c(O)cccc4[C@@H](COC(F)(F)C(F)(F)F)[C@]3(C)[C@@H](O)[C@]12C. The molecule has 3 aliphatic rings. The maximum Gasteiger partial charge on any atom is 0.482 e. The third kappa shape index (κ3) is 3.82. The zero-order valence-electron chi connectivity index (χ0n) is 22.9. The van der Waals surface area contributed by atoms with Gasteiger partial charge >= 0.3 is 12.3 Å². The predicted molar refractivity (Wildman–Crippen MR) is 131 cm³/mol. The molecule has 0 aliphatic heterocycles. The van der Waals surface area contributed by atoms with E-state index in [1.807, 2.05) is 0 Å². The molecule has 42 heavy (non-hydrogen) atoms. The van der Waals surface area contributed by atoms with Gasteiger partial charge in [-0.15, -0.1) is 0 Å². The summed E-state index contributed by atoms with van der Waals surface area (Å²) < 4.78 is 71.2. The number of hydrogen-bond acceptors (Lipinski definition) is 9. The highest BCUT2D eigenvalue weighted by Crippen LogP contribution is 2.68. The van der Waals surface area contributed by atoms with Crippen molar-refractivity contribution in [2.75, 3.05) is 6.61 Å². The minimum atomic E-state index is -6.15. The number of alkyl halides is 5. The number of phenolic OH excluding ortho intramolecular Hbond substituents is 1. The van der Waals surface area contributed by atoms with Crippen LogP contribution in [0.3, 0.4) is 0 Å². The number of phenols is 1. The van der Waals surface area contributed by atoms with Crippen molar-refractivity contribution in [2.24, 2.45) is 40.2 Å². The highest BCUT2D eigenvalue weighted by molar-refractivity contribution is 6.09. The molecule has 10 nitrogen and oxygen atoms in total. The van der Waals surface area contributed by atoms with Crippen LogP contribution in [0.4, 0.5) is 22.0 Å². The molecule has 2 saturated carbocycles. The van der Waals surface area contributed by atoms with Gasteiger partial charge in [0, 0.05) is 16.7 Å². The number of aliphatic hydroxyl groups is 4. The zero-order valence-corrected chi connectivity index (χ0v) is 22.9. The number of ether oxygens (including phenoxy) is 1. The molecule has 2 unspecified atom stereocenters. The van der Waals surface area contributed by atoms with Crippen molar-refractivity contribution in [2.45, 2.75) is 69.8 Å². The van der Waals surface area contributed by atoms with Crippen LogP contribution in [0, 0.1) is 34.5 Å². The third-order valence-corrected chi connectivity index (χ3v) is 9.97. The standard InChI is InChI=1S/C27H32F5NO9/c1-9(2)15-18(36)14(21(33)39)19(37)25(41)20(38)16-17(35)13-10(6-5-7-12(13)34)11(8-42-27(31,32)26(28,29)30)23(16,3)22(40)24(15,25)4/h5-7,9,11,14-16,18,20,22,34,36,38,40-41H,8H2,1-4H3,(H2,33,39)/t11-,14-,15+,16-,18?,20?,22-,23+,24+,25+/m1/s1. The second kappa shape index (κ2) is 9.64. The highest BCUT2D eigenvalue weighted by Gasteiger charge is 2.80. The first-order valence-corrected chi connectivity index (χ1v) is 13.1. The summed E-state index contributed by atoms with van der Waals surface area (Å²) in [6.07, 6.45) is -18.5. The molecular formula is C27H32F5NO9. The molecule has 0 bridgehead atoms. The Morgan fingerprint density at radius 1 is 1.10 bits per heavy atom. The average Bonchev–Trinajstić information content (AvgIpc) is 2.84. The number of nitrogens with two attached hydrogens (primary N) is 1. The van der Waals surface area contributed by atoms with Gasteiger partial charge < -0.3 is 36.0 Å². The molecule has 1 aromatic carbocycles. The average molecular weight is 610 g/mol. The molecule has 0 heterocycles.